The molecule has 0 saturated carbocycles. The lowest BCUT2D eigenvalue weighted by atomic mass is 10.1. The van der Waals surface area contributed by atoms with Crippen LogP contribution in [0.15, 0.2) is 71.6 Å². The fourth-order valence-corrected chi connectivity index (χ4v) is 3.55. The van der Waals surface area contributed by atoms with Gasteiger partial charge in [-0.15, -0.1) is 0 Å². The highest BCUT2D eigenvalue weighted by atomic mass is 16.3. The Bertz CT molecular complexity index is 834. The molecule has 0 unspecified atom stereocenters. The number of carbonyl (C=O) groups is 1. The van der Waals surface area contributed by atoms with Crippen LogP contribution in [0.2, 0.25) is 0 Å². The van der Waals surface area contributed by atoms with Crippen LogP contribution < -0.4 is 5.32 Å². The summed E-state index contributed by atoms with van der Waals surface area (Å²) in [4.78, 5) is 15.1. The highest BCUT2D eigenvalue weighted by Crippen LogP contribution is 2.25. The Hall–Kier alpha value is -2.79. The maximum Gasteiger partial charge on any atom is 0.251 e. The minimum atomic E-state index is -0.0604. The summed E-state index contributed by atoms with van der Waals surface area (Å²) in [6, 6.07) is 15.6. The van der Waals surface area contributed by atoms with E-state index in [0.717, 1.165) is 24.5 Å². The van der Waals surface area contributed by atoms with E-state index in [9.17, 15) is 4.79 Å². The molecule has 0 aliphatic carbocycles. The van der Waals surface area contributed by atoms with Crippen LogP contribution in [0.25, 0.3) is 5.69 Å². The van der Waals surface area contributed by atoms with Crippen LogP contribution >= 0.6 is 0 Å². The van der Waals surface area contributed by atoms with Crippen LogP contribution in [0, 0.1) is 0 Å². The van der Waals surface area contributed by atoms with E-state index in [4.69, 9.17) is 4.42 Å². The van der Waals surface area contributed by atoms with Gasteiger partial charge in [-0.25, -0.2) is 0 Å². The number of nitrogens with zero attached hydrogens (tertiary/aromatic N) is 2. The molecule has 1 aliphatic rings. The molecule has 1 fully saturated rings. The third-order valence-electron chi connectivity index (χ3n) is 4.92. The molecular formula is C21H23N3O2. The van der Waals surface area contributed by atoms with Crippen LogP contribution in [0.5, 0.6) is 0 Å². The van der Waals surface area contributed by atoms with E-state index >= 15 is 0 Å². The van der Waals surface area contributed by atoms with Crippen molar-refractivity contribution in [3.63, 3.8) is 0 Å². The summed E-state index contributed by atoms with van der Waals surface area (Å²) in [6.45, 7) is 2.63. The molecule has 0 spiro atoms. The van der Waals surface area contributed by atoms with Crippen molar-refractivity contribution < 1.29 is 9.21 Å². The van der Waals surface area contributed by atoms with E-state index in [1.807, 2.05) is 65.5 Å². The lowest BCUT2D eigenvalue weighted by Gasteiger charge is -2.26. The molecule has 3 heterocycles. The molecule has 26 heavy (non-hydrogen) atoms. The number of rotatable bonds is 6. The molecule has 134 valence electrons. The summed E-state index contributed by atoms with van der Waals surface area (Å²) < 4.78 is 7.61. The Kier molecular flexibility index (Phi) is 4.88. The molecule has 0 radical (unpaired) electrons. The second-order valence-corrected chi connectivity index (χ2v) is 6.62. The maximum absolute atomic E-state index is 12.7. The van der Waals surface area contributed by atoms with Gasteiger partial charge in [0.1, 0.15) is 5.76 Å². The van der Waals surface area contributed by atoms with E-state index < -0.39 is 0 Å². The van der Waals surface area contributed by atoms with Gasteiger partial charge in [0.2, 0.25) is 0 Å². The first-order valence-electron chi connectivity index (χ1n) is 9.10. The van der Waals surface area contributed by atoms with E-state index in [1.165, 1.54) is 12.8 Å². The standard InChI is InChI=1S/C21H23N3O2/c25-21(17-7-5-8-18(15-17)23-10-1-2-11-23)22-16-19(20-9-6-14-26-20)24-12-3-4-13-24/h1-2,5-11,14-15,19H,3-4,12-13,16H2,(H,22,25)/t19-/m0/s1. The molecule has 1 saturated heterocycles. The summed E-state index contributed by atoms with van der Waals surface area (Å²) >= 11 is 0. The monoisotopic (exact) mass is 349 g/mol. The molecule has 2 aromatic heterocycles. The van der Waals surface area contributed by atoms with E-state index in [2.05, 4.69) is 10.2 Å². The number of nitrogens with one attached hydrogen (secondary N) is 1. The van der Waals surface area contributed by atoms with Crippen molar-refractivity contribution in [2.45, 2.75) is 18.9 Å². The summed E-state index contributed by atoms with van der Waals surface area (Å²) in [7, 11) is 0. The van der Waals surface area contributed by atoms with E-state index in [0.29, 0.717) is 12.1 Å². The SMILES string of the molecule is O=C(NC[C@@H](c1ccco1)N1CCCC1)c1cccc(-n2cccc2)c1. The van der Waals surface area contributed by atoms with Crippen molar-refractivity contribution in [3.8, 4) is 5.69 Å². The lowest BCUT2D eigenvalue weighted by Crippen LogP contribution is -2.36. The minimum Gasteiger partial charge on any atom is -0.468 e. The molecule has 5 heteroatoms. The second kappa shape index (κ2) is 7.62. The van der Waals surface area contributed by atoms with Gasteiger partial charge in [-0.05, 0) is 68.4 Å². The molecular weight excluding hydrogens is 326 g/mol. The molecule has 1 N–H and O–H groups in total. The van der Waals surface area contributed by atoms with Gasteiger partial charge in [-0.1, -0.05) is 6.07 Å². The molecule has 4 rings (SSSR count). The Morgan fingerprint density at radius 2 is 1.88 bits per heavy atom. The molecule has 0 bridgehead atoms. The van der Waals surface area contributed by atoms with E-state index in [1.54, 1.807) is 6.26 Å². The smallest absolute Gasteiger partial charge is 0.251 e. The first-order valence-corrected chi connectivity index (χ1v) is 9.10. The molecule has 1 amide bonds. The van der Waals surface area contributed by atoms with Crippen LogP contribution in [-0.4, -0.2) is 35.0 Å². The Balaban J connectivity index is 1.46. The van der Waals surface area contributed by atoms with Crippen molar-refractivity contribution in [1.29, 1.82) is 0 Å². The number of hydrogen-bond donors (Lipinski definition) is 1. The fraction of sp³-hybridized carbons (Fsp3) is 0.286. The number of carbonyl (C=O) groups excluding carboxylic acids is 1. The maximum atomic E-state index is 12.7. The number of furan rings is 1. The number of benzene rings is 1. The normalized spacial score (nSPS) is 15.8. The highest BCUT2D eigenvalue weighted by Gasteiger charge is 2.26. The van der Waals surface area contributed by atoms with Crippen LogP contribution in [0.1, 0.15) is 35.0 Å². The number of hydrogen-bond acceptors (Lipinski definition) is 3. The molecule has 3 aromatic rings. The second-order valence-electron chi connectivity index (χ2n) is 6.62. The van der Waals surface area contributed by atoms with Crippen molar-refractivity contribution in [3.05, 3.63) is 78.5 Å². The van der Waals surface area contributed by atoms with Gasteiger partial charge >= 0.3 is 0 Å². The molecule has 5 nitrogen and oxygen atoms in total. The van der Waals surface area contributed by atoms with Crippen molar-refractivity contribution >= 4 is 5.91 Å². The summed E-state index contributed by atoms with van der Waals surface area (Å²) in [5.74, 6) is 0.850. The highest BCUT2D eigenvalue weighted by molar-refractivity contribution is 5.94. The molecule has 1 aliphatic heterocycles. The van der Waals surface area contributed by atoms with Gasteiger partial charge in [-0.3, -0.25) is 9.69 Å². The largest absolute Gasteiger partial charge is 0.468 e. The Labute approximate surface area is 153 Å². The summed E-state index contributed by atoms with van der Waals surface area (Å²) in [5.41, 5.74) is 1.64. The predicted molar refractivity (Wildman–Crippen MR) is 100 cm³/mol. The first kappa shape index (κ1) is 16.7. The molecule has 1 aromatic carbocycles. The van der Waals surface area contributed by atoms with Gasteiger partial charge in [0.25, 0.3) is 5.91 Å². The fourth-order valence-electron chi connectivity index (χ4n) is 3.55. The Morgan fingerprint density at radius 1 is 1.08 bits per heavy atom. The van der Waals surface area contributed by atoms with Gasteiger partial charge in [0.05, 0.1) is 12.3 Å². The van der Waals surface area contributed by atoms with Crippen LogP contribution in [0.4, 0.5) is 0 Å². The predicted octanol–water partition coefficient (Wildman–Crippen LogP) is 3.64. The first-order chi connectivity index (χ1) is 12.8. The average molecular weight is 349 g/mol. The van der Waals surface area contributed by atoms with E-state index in [-0.39, 0.29) is 11.9 Å². The van der Waals surface area contributed by atoms with Crippen molar-refractivity contribution in [1.82, 2.24) is 14.8 Å². The number of aromatic nitrogens is 1. The Morgan fingerprint density at radius 3 is 2.62 bits per heavy atom. The lowest BCUT2D eigenvalue weighted by molar-refractivity contribution is 0.0933. The van der Waals surface area contributed by atoms with Crippen molar-refractivity contribution in [2.24, 2.45) is 0 Å². The quantitative estimate of drug-likeness (QED) is 0.739. The van der Waals surface area contributed by atoms with Gasteiger partial charge in [0.15, 0.2) is 0 Å². The number of amides is 1. The summed E-state index contributed by atoms with van der Waals surface area (Å²) in [6.07, 6.45) is 8.03. The number of likely N-dealkylation sites (tertiary alicyclic amines) is 1. The van der Waals surface area contributed by atoms with Crippen molar-refractivity contribution in [2.75, 3.05) is 19.6 Å². The van der Waals surface area contributed by atoms with Gasteiger partial charge in [0, 0.05) is 30.2 Å². The zero-order valence-corrected chi connectivity index (χ0v) is 14.7. The zero-order valence-electron chi connectivity index (χ0n) is 14.7. The van der Waals surface area contributed by atoms with Crippen LogP contribution in [-0.2, 0) is 0 Å². The average Bonchev–Trinajstić information content (AvgIpc) is 3.45. The topological polar surface area (TPSA) is 50.4 Å². The van der Waals surface area contributed by atoms with Crippen LogP contribution in [0.3, 0.4) is 0 Å². The minimum absolute atomic E-state index is 0.0604. The zero-order chi connectivity index (χ0) is 17.8. The molecule has 1 atom stereocenters. The summed E-state index contributed by atoms with van der Waals surface area (Å²) in [5, 5.41) is 3.09. The van der Waals surface area contributed by atoms with Gasteiger partial charge < -0.3 is 14.3 Å². The van der Waals surface area contributed by atoms with Gasteiger partial charge in [-0.2, -0.15) is 0 Å². The third kappa shape index (κ3) is 3.58. The third-order valence-corrected chi connectivity index (χ3v) is 4.92.